The van der Waals surface area contributed by atoms with Gasteiger partial charge in [0.15, 0.2) is 5.96 Å². The van der Waals surface area contributed by atoms with Crippen LogP contribution in [0.4, 0.5) is 0 Å². The predicted molar refractivity (Wildman–Crippen MR) is 101 cm³/mol. The van der Waals surface area contributed by atoms with Crippen molar-refractivity contribution in [2.24, 2.45) is 4.99 Å². The minimum absolute atomic E-state index is 0. The largest absolute Gasteiger partial charge is 0.357 e. The van der Waals surface area contributed by atoms with Crippen molar-refractivity contribution in [3.8, 4) is 0 Å². The fraction of sp³-hybridized carbons (Fsp3) is 0.500. The summed E-state index contributed by atoms with van der Waals surface area (Å²) in [7, 11) is 0. The number of likely N-dealkylation sites (N-methyl/N-ethyl adjacent to an activating group) is 1. The van der Waals surface area contributed by atoms with E-state index in [2.05, 4.69) is 25.9 Å². The molecule has 6 nitrogen and oxygen atoms in total. The molecule has 1 aromatic heterocycles. The molecule has 0 bridgehead atoms. The van der Waals surface area contributed by atoms with Gasteiger partial charge in [-0.3, -0.25) is 4.79 Å². The first-order valence-electron chi connectivity index (χ1n) is 7.05. The van der Waals surface area contributed by atoms with Gasteiger partial charge in [0, 0.05) is 25.8 Å². The second-order valence-corrected chi connectivity index (χ2v) is 4.70. The summed E-state index contributed by atoms with van der Waals surface area (Å²) in [6, 6.07) is 3.71. The van der Waals surface area contributed by atoms with Crippen molar-refractivity contribution < 1.29 is 4.79 Å². The minimum Gasteiger partial charge on any atom is -0.357 e. The number of aromatic nitrogens is 1. The average Bonchev–Trinajstić information content (AvgIpc) is 2.47. The normalized spacial score (nSPS) is 10.6. The first kappa shape index (κ1) is 20.9. The van der Waals surface area contributed by atoms with Crippen molar-refractivity contribution >= 4 is 47.4 Å². The lowest BCUT2D eigenvalue weighted by molar-refractivity contribution is -0.119. The van der Waals surface area contributed by atoms with Gasteiger partial charge in [-0.2, -0.15) is 0 Å². The third kappa shape index (κ3) is 9.04. The van der Waals surface area contributed by atoms with Crippen molar-refractivity contribution in [3.05, 3.63) is 29.0 Å². The maximum atomic E-state index is 11.4. The van der Waals surface area contributed by atoms with E-state index in [0.29, 0.717) is 24.2 Å². The summed E-state index contributed by atoms with van der Waals surface area (Å²) >= 11 is 5.74. The van der Waals surface area contributed by atoms with E-state index in [1.807, 2.05) is 19.9 Å². The molecule has 1 rings (SSSR count). The van der Waals surface area contributed by atoms with Crippen LogP contribution in [0.25, 0.3) is 0 Å². The molecule has 1 amide bonds. The number of pyridine rings is 1. The molecule has 0 radical (unpaired) electrons. The molecule has 1 aromatic rings. The van der Waals surface area contributed by atoms with E-state index in [9.17, 15) is 4.79 Å². The van der Waals surface area contributed by atoms with Gasteiger partial charge < -0.3 is 16.0 Å². The number of amides is 1. The highest BCUT2D eigenvalue weighted by Gasteiger charge is 2.01. The van der Waals surface area contributed by atoms with Crippen molar-refractivity contribution in [3.63, 3.8) is 0 Å². The molecule has 0 aliphatic carbocycles. The minimum atomic E-state index is -0.0865. The molecule has 0 aliphatic heterocycles. The van der Waals surface area contributed by atoms with E-state index in [0.717, 1.165) is 18.5 Å². The fourth-order valence-corrected chi connectivity index (χ4v) is 1.74. The predicted octanol–water partition coefficient (Wildman–Crippen LogP) is 1.59. The third-order valence-corrected chi connectivity index (χ3v) is 2.82. The molecule has 1 heterocycles. The van der Waals surface area contributed by atoms with Crippen molar-refractivity contribution in [1.29, 1.82) is 0 Å². The lowest BCUT2D eigenvalue weighted by Crippen LogP contribution is -2.39. The Labute approximate surface area is 153 Å². The van der Waals surface area contributed by atoms with E-state index in [-0.39, 0.29) is 36.4 Å². The summed E-state index contributed by atoms with van der Waals surface area (Å²) in [5, 5.41) is 9.47. The topological polar surface area (TPSA) is 78.4 Å². The van der Waals surface area contributed by atoms with Gasteiger partial charge >= 0.3 is 0 Å². The Balaban J connectivity index is 0.00000441. The summed E-state index contributed by atoms with van der Waals surface area (Å²) in [5.41, 5.74) is 1.09. The van der Waals surface area contributed by atoms with Crippen molar-refractivity contribution in [2.45, 2.75) is 20.3 Å². The Bertz CT molecular complexity index is 467. The van der Waals surface area contributed by atoms with Crippen LogP contribution < -0.4 is 16.0 Å². The van der Waals surface area contributed by atoms with Gasteiger partial charge in [-0.25, -0.2) is 9.98 Å². The summed E-state index contributed by atoms with van der Waals surface area (Å²) in [4.78, 5) is 19.6. The van der Waals surface area contributed by atoms with Gasteiger partial charge in [0.1, 0.15) is 11.7 Å². The van der Waals surface area contributed by atoms with Crippen LogP contribution in [0.5, 0.6) is 0 Å². The quantitative estimate of drug-likeness (QED) is 0.261. The van der Waals surface area contributed by atoms with Crippen LogP contribution in [0.15, 0.2) is 23.3 Å². The number of hydrogen-bond donors (Lipinski definition) is 3. The summed E-state index contributed by atoms with van der Waals surface area (Å²) in [5.74, 6) is 0.544. The van der Waals surface area contributed by atoms with E-state index < -0.39 is 0 Å². The first-order chi connectivity index (χ1) is 10.2. The number of halogens is 2. The summed E-state index contributed by atoms with van der Waals surface area (Å²) in [6.45, 7) is 6.03. The van der Waals surface area contributed by atoms with Crippen molar-refractivity contribution in [1.82, 2.24) is 20.9 Å². The SMILES string of the molecule is CCNC(=O)CN=C(NCC)NCCc1ccc(Cl)nc1.I. The number of aliphatic imine (C=N–C) groups is 1. The van der Waals surface area contributed by atoms with Crippen LogP contribution in [-0.2, 0) is 11.2 Å². The van der Waals surface area contributed by atoms with Crippen LogP contribution in [0.2, 0.25) is 5.15 Å². The lowest BCUT2D eigenvalue weighted by Gasteiger charge is -2.11. The Morgan fingerprint density at radius 2 is 1.95 bits per heavy atom. The van der Waals surface area contributed by atoms with E-state index >= 15 is 0 Å². The molecule has 0 aromatic carbocycles. The van der Waals surface area contributed by atoms with Crippen molar-refractivity contribution in [2.75, 3.05) is 26.2 Å². The molecule has 0 spiro atoms. The van der Waals surface area contributed by atoms with Gasteiger partial charge in [-0.1, -0.05) is 17.7 Å². The standard InChI is InChI=1S/C14H22ClN5O.HI/c1-3-16-13(21)10-20-14(17-4-2)18-8-7-11-5-6-12(15)19-9-11;/h5-6,9H,3-4,7-8,10H2,1-2H3,(H,16,21)(H2,17,18,20);1H. The smallest absolute Gasteiger partial charge is 0.241 e. The van der Waals surface area contributed by atoms with Gasteiger partial charge in [0.05, 0.1) is 0 Å². The average molecular weight is 440 g/mol. The van der Waals surface area contributed by atoms with Gasteiger partial charge in [-0.05, 0) is 31.9 Å². The number of nitrogens with zero attached hydrogens (tertiary/aromatic N) is 2. The Morgan fingerprint density at radius 3 is 2.55 bits per heavy atom. The molecule has 0 saturated carbocycles. The van der Waals surface area contributed by atoms with Crippen LogP contribution in [0.3, 0.4) is 0 Å². The summed E-state index contributed by atoms with van der Waals surface area (Å²) in [6.07, 6.45) is 2.55. The molecule has 124 valence electrons. The highest BCUT2D eigenvalue weighted by Crippen LogP contribution is 2.05. The highest BCUT2D eigenvalue weighted by atomic mass is 127. The second-order valence-electron chi connectivity index (χ2n) is 4.31. The Hall–Kier alpha value is -1.09. The Kier molecular flexibility index (Phi) is 11.8. The molecule has 0 saturated heterocycles. The van der Waals surface area contributed by atoms with E-state index in [1.54, 1.807) is 12.3 Å². The molecular formula is C14H23ClIN5O. The maximum Gasteiger partial charge on any atom is 0.241 e. The Morgan fingerprint density at radius 1 is 1.23 bits per heavy atom. The second kappa shape index (κ2) is 12.5. The zero-order valence-corrected chi connectivity index (χ0v) is 15.9. The molecule has 0 fully saturated rings. The first-order valence-corrected chi connectivity index (χ1v) is 7.42. The van der Waals surface area contributed by atoms with Crippen LogP contribution >= 0.6 is 35.6 Å². The molecule has 3 N–H and O–H groups in total. The number of guanidine groups is 1. The lowest BCUT2D eigenvalue weighted by atomic mass is 10.2. The zero-order chi connectivity index (χ0) is 15.5. The molecule has 0 atom stereocenters. The molecule has 0 aliphatic rings. The molecule has 8 heteroatoms. The van der Waals surface area contributed by atoms with E-state index in [4.69, 9.17) is 11.6 Å². The number of hydrogen-bond acceptors (Lipinski definition) is 3. The fourth-order valence-electron chi connectivity index (χ4n) is 1.63. The van der Waals surface area contributed by atoms with Crippen LogP contribution in [0.1, 0.15) is 19.4 Å². The molecule has 22 heavy (non-hydrogen) atoms. The third-order valence-electron chi connectivity index (χ3n) is 2.59. The van der Waals surface area contributed by atoms with Crippen LogP contribution in [-0.4, -0.2) is 43.0 Å². The number of nitrogens with one attached hydrogen (secondary N) is 3. The molecule has 0 unspecified atom stereocenters. The van der Waals surface area contributed by atoms with Gasteiger partial charge in [0.25, 0.3) is 0 Å². The maximum absolute atomic E-state index is 11.4. The monoisotopic (exact) mass is 439 g/mol. The highest BCUT2D eigenvalue weighted by molar-refractivity contribution is 14.0. The number of carbonyl (C=O) groups is 1. The zero-order valence-electron chi connectivity index (χ0n) is 12.9. The number of rotatable bonds is 7. The molecular weight excluding hydrogens is 417 g/mol. The van der Waals surface area contributed by atoms with Crippen LogP contribution in [0, 0.1) is 0 Å². The number of carbonyl (C=O) groups excluding carboxylic acids is 1. The van der Waals surface area contributed by atoms with Gasteiger partial charge in [0.2, 0.25) is 5.91 Å². The van der Waals surface area contributed by atoms with Gasteiger partial charge in [-0.15, -0.1) is 24.0 Å². The van der Waals surface area contributed by atoms with E-state index in [1.165, 1.54) is 0 Å². The summed E-state index contributed by atoms with van der Waals surface area (Å²) < 4.78 is 0.